The summed E-state index contributed by atoms with van der Waals surface area (Å²) in [7, 11) is 0. The molecule has 0 aromatic heterocycles. The van der Waals surface area contributed by atoms with Gasteiger partial charge in [0.25, 0.3) is 0 Å². The number of likely N-dealkylation sites (N-methyl/N-ethyl adjacent to an activating group) is 1. The van der Waals surface area contributed by atoms with Crippen LogP contribution in [0.4, 0.5) is 11.4 Å². The van der Waals surface area contributed by atoms with Crippen LogP contribution in [-0.4, -0.2) is 44.0 Å². The van der Waals surface area contributed by atoms with E-state index < -0.39 is 0 Å². The average Bonchev–Trinajstić information content (AvgIpc) is 2.40. The van der Waals surface area contributed by atoms with Crippen molar-refractivity contribution in [2.24, 2.45) is 0 Å². The second-order valence-corrected chi connectivity index (χ2v) is 4.76. The summed E-state index contributed by atoms with van der Waals surface area (Å²) in [6.45, 7) is 7.41. The zero-order chi connectivity index (χ0) is 13.0. The Balaban J connectivity index is 2.07. The van der Waals surface area contributed by atoms with Gasteiger partial charge < -0.3 is 15.1 Å². The number of hydrogen-bond donors (Lipinski definition) is 1. The fraction of sp³-hybridized carbons (Fsp3) is 0.462. The van der Waals surface area contributed by atoms with E-state index in [2.05, 4.69) is 22.0 Å². The van der Waals surface area contributed by atoms with Gasteiger partial charge in [-0.15, -0.1) is 0 Å². The van der Waals surface area contributed by atoms with E-state index >= 15 is 0 Å². The van der Waals surface area contributed by atoms with Gasteiger partial charge in [0.15, 0.2) is 0 Å². The molecule has 1 aromatic rings. The van der Waals surface area contributed by atoms with E-state index in [-0.39, 0.29) is 0 Å². The third-order valence-corrected chi connectivity index (χ3v) is 3.64. The molecule has 1 heterocycles. The smallest absolute Gasteiger partial charge is 0.211 e. The van der Waals surface area contributed by atoms with Gasteiger partial charge in [-0.1, -0.05) is 18.5 Å². The Bertz CT molecular complexity index is 417. The predicted octanol–water partition coefficient (Wildman–Crippen LogP) is 2.05. The molecule has 1 aromatic carbocycles. The van der Waals surface area contributed by atoms with Crippen molar-refractivity contribution in [3.63, 3.8) is 0 Å². The van der Waals surface area contributed by atoms with Crippen molar-refractivity contribution in [3.8, 4) is 0 Å². The number of carbonyl (C=O) groups excluding carboxylic acids is 1. The summed E-state index contributed by atoms with van der Waals surface area (Å²) >= 11 is 6.26. The number of nitrogens with one attached hydrogen (secondary N) is 1. The minimum atomic E-state index is 0.658. The number of piperazine rings is 1. The summed E-state index contributed by atoms with van der Waals surface area (Å²) in [5.41, 5.74) is 1.77. The Morgan fingerprint density at radius 3 is 2.61 bits per heavy atom. The Morgan fingerprint density at radius 1 is 1.33 bits per heavy atom. The molecule has 1 aliphatic heterocycles. The normalized spacial score (nSPS) is 16.7. The van der Waals surface area contributed by atoms with E-state index in [9.17, 15) is 4.79 Å². The molecule has 98 valence electrons. The van der Waals surface area contributed by atoms with Gasteiger partial charge in [0, 0.05) is 31.9 Å². The summed E-state index contributed by atoms with van der Waals surface area (Å²) in [6.07, 6.45) is 0.658. The van der Waals surface area contributed by atoms with Gasteiger partial charge >= 0.3 is 0 Å². The van der Waals surface area contributed by atoms with Crippen LogP contribution >= 0.6 is 11.6 Å². The molecule has 0 bridgehead atoms. The molecule has 0 spiro atoms. The van der Waals surface area contributed by atoms with Gasteiger partial charge in [-0.2, -0.15) is 0 Å². The Labute approximate surface area is 113 Å². The van der Waals surface area contributed by atoms with Gasteiger partial charge in [0.05, 0.1) is 10.7 Å². The summed E-state index contributed by atoms with van der Waals surface area (Å²) in [6, 6.07) is 5.63. The van der Waals surface area contributed by atoms with Crippen molar-refractivity contribution in [2.75, 3.05) is 42.9 Å². The third-order valence-electron chi connectivity index (χ3n) is 3.33. The molecule has 1 N–H and O–H groups in total. The molecule has 0 unspecified atom stereocenters. The highest BCUT2D eigenvalue weighted by Crippen LogP contribution is 2.29. The zero-order valence-electron chi connectivity index (χ0n) is 10.5. The van der Waals surface area contributed by atoms with Gasteiger partial charge in [-0.3, -0.25) is 4.79 Å². The number of rotatable bonds is 4. The van der Waals surface area contributed by atoms with E-state index in [1.165, 1.54) is 0 Å². The van der Waals surface area contributed by atoms with Crippen LogP contribution in [0, 0.1) is 0 Å². The first-order valence-corrected chi connectivity index (χ1v) is 6.59. The van der Waals surface area contributed by atoms with Gasteiger partial charge in [0.2, 0.25) is 6.41 Å². The van der Waals surface area contributed by atoms with Crippen molar-refractivity contribution in [1.82, 2.24) is 4.90 Å². The molecular formula is C13H18ClN3O. The zero-order valence-corrected chi connectivity index (χ0v) is 11.3. The van der Waals surface area contributed by atoms with Gasteiger partial charge in [-0.25, -0.2) is 0 Å². The predicted molar refractivity (Wildman–Crippen MR) is 75.5 cm³/mol. The van der Waals surface area contributed by atoms with E-state index in [4.69, 9.17) is 11.6 Å². The molecule has 0 saturated carbocycles. The highest BCUT2D eigenvalue weighted by atomic mass is 35.5. The molecule has 2 rings (SSSR count). The molecule has 0 aliphatic carbocycles. The van der Waals surface area contributed by atoms with Crippen LogP contribution < -0.4 is 10.2 Å². The number of hydrogen-bond acceptors (Lipinski definition) is 3. The molecule has 1 fully saturated rings. The molecule has 5 heteroatoms. The minimum Gasteiger partial charge on any atom is -0.368 e. The van der Waals surface area contributed by atoms with Crippen LogP contribution in [0.15, 0.2) is 18.2 Å². The molecular weight excluding hydrogens is 250 g/mol. The van der Waals surface area contributed by atoms with Gasteiger partial charge in [-0.05, 0) is 24.7 Å². The summed E-state index contributed by atoms with van der Waals surface area (Å²) < 4.78 is 0. The van der Waals surface area contributed by atoms with Crippen LogP contribution in [0.1, 0.15) is 6.92 Å². The van der Waals surface area contributed by atoms with Crippen molar-refractivity contribution in [1.29, 1.82) is 0 Å². The maximum atomic E-state index is 10.4. The molecule has 1 saturated heterocycles. The minimum absolute atomic E-state index is 0.658. The average molecular weight is 268 g/mol. The quantitative estimate of drug-likeness (QED) is 0.848. The summed E-state index contributed by atoms with van der Waals surface area (Å²) in [4.78, 5) is 15.1. The SMILES string of the molecule is CCN1CCN(c2ccc(NC=O)cc2Cl)CC1. The van der Waals surface area contributed by atoms with Gasteiger partial charge in [0.1, 0.15) is 0 Å². The number of benzene rings is 1. The second-order valence-electron chi connectivity index (χ2n) is 4.35. The number of halogens is 1. The third kappa shape index (κ3) is 2.94. The maximum absolute atomic E-state index is 10.4. The van der Waals surface area contributed by atoms with Crippen LogP contribution in [0.3, 0.4) is 0 Å². The van der Waals surface area contributed by atoms with Crippen LogP contribution in [0.2, 0.25) is 5.02 Å². The fourth-order valence-corrected chi connectivity index (χ4v) is 2.53. The number of amides is 1. The molecule has 0 atom stereocenters. The lowest BCUT2D eigenvalue weighted by Crippen LogP contribution is -2.46. The molecule has 4 nitrogen and oxygen atoms in total. The maximum Gasteiger partial charge on any atom is 0.211 e. The van der Waals surface area contributed by atoms with Crippen LogP contribution in [0.5, 0.6) is 0 Å². The standard InChI is InChI=1S/C13H18ClN3O/c1-2-16-5-7-17(8-6-16)13-4-3-11(15-10-18)9-12(13)14/h3-4,9-10H,2,5-8H2,1H3,(H,15,18). The number of nitrogens with zero attached hydrogens (tertiary/aromatic N) is 2. The summed E-state index contributed by atoms with van der Waals surface area (Å²) in [5, 5.41) is 3.29. The molecule has 0 radical (unpaired) electrons. The van der Waals surface area contributed by atoms with E-state index in [1.807, 2.05) is 12.1 Å². The number of anilines is 2. The molecule has 18 heavy (non-hydrogen) atoms. The molecule has 1 aliphatic rings. The van der Waals surface area contributed by atoms with E-state index in [1.54, 1.807) is 6.07 Å². The van der Waals surface area contributed by atoms with Crippen molar-refractivity contribution in [2.45, 2.75) is 6.92 Å². The van der Waals surface area contributed by atoms with Crippen molar-refractivity contribution < 1.29 is 4.79 Å². The van der Waals surface area contributed by atoms with E-state index in [0.29, 0.717) is 11.4 Å². The Kier molecular flexibility index (Phi) is 4.44. The Morgan fingerprint density at radius 2 is 2.06 bits per heavy atom. The lowest BCUT2D eigenvalue weighted by molar-refractivity contribution is -0.105. The second kappa shape index (κ2) is 6.07. The molecule has 1 amide bonds. The lowest BCUT2D eigenvalue weighted by Gasteiger charge is -2.36. The monoisotopic (exact) mass is 267 g/mol. The lowest BCUT2D eigenvalue weighted by atomic mass is 10.2. The first-order chi connectivity index (χ1) is 8.74. The fourth-order valence-electron chi connectivity index (χ4n) is 2.23. The van der Waals surface area contributed by atoms with E-state index in [0.717, 1.165) is 44.1 Å². The number of carbonyl (C=O) groups is 1. The Hall–Kier alpha value is -1.26. The highest BCUT2D eigenvalue weighted by Gasteiger charge is 2.17. The summed E-state index contributed by atoms with van der Waals surface area (Å²) in [5.74, 6) is 0. The van der Waals surface area contributed by atoms with Crippen molar-refractivity contribution >= 4 is 29.4 Å². The first-order valence-electron chi connectivity index (χ1n) is 6.21. The largest absolute Gasteiger partial charge is 0.368 e. The van der Waals surface area contributed by atoms with Crippen LogP contribution in [0.25, 0.3) is 0 Å². The van der Waals surface area contributed by atoms with Crippen LogP contribution in [-0.2, 0) is 4.79 Å². The van der Waals surface area contributed by atoms with Crippen molar-refractivity contribution in [3.05, 3.63) is 23.2 Å². The highest BCUT2D eigenvalue weighted by molar-refractivity contribution is 6.33. The topological polar surface area (TPSA) is 35.6 Å². The first kappa shape index (κ1) is 13.2.